The molecule has 3 rings (SSSR count). The van der Waals surface area contributed by atoms with Crippen LogP contribution in [-0.4, -0.2) is 16.1 Å². The highest BCUT2D eigenvalue weighted by molar-refractivity contribution is 6.30. The Morgan fingerprint density at radius 1 is 1.04 bits per heavy atom. The van der Waals surface area contributed by atoms with Crippen LogP contribution in [0.4, 0.5) is 4.39 Å². The zero-order chi connectivity index (χ0) is 19.1. The number of carbonyl (C=O) groups is 1. The van der Waals surface area contributed by atoms with Crippen LogP contribution >= 0.6 is 11.6 Å². The minimum atomic E-state index is -0.238. The van der Waals surface area contributed by atoms with Crippen molar-refractivity contribution in [3.8, 4) is 11.5 Å². The topological polar surface area (TPSA) is 68.0 Å². The summed E-state index contributed by atoms with van der Waals surface area (Å²) in [4.78, 5) is 11.9. The third kappa shape index (κ3) is 5.89. The van der Waals surface area contributed by atoms with Gasteiger partial charge in [-0.25, -0.2) is 4.39 Å². The Balaban J connectivity index is 1.38. The number of hydrogen-bond acceptors (Lipinski definition) is 4. The molecule has 0 unspecified atom stereocenters. The average molecular weight is 388 g/mol. The summed E-state index contributed by atoms with van der Waals surface area (Å²) >= 11 is 5.85. The Labute approximate surface area is 161 Å². The number of nitrogens with one attached hydrogen (secondary N) is 1. The fourth-order valence-electron chi connectivity index (χ4n) is 2.56. The summed E-state index contributed by atoms with van der Waals surface area (Å²) in [5.74, 6) is 0.425. The molecule has 1 N–H and O–H groups in total. The maximum atomic E-state index is 12.8. The number of aryl methyl sites for hydroxylation is 1. The summed E-state index contributed by atoms with van der Waals surface area (Å²) in [5, 5.41) is 11.3. The van der Waals surface area contributed by atoms with Crippen molar-refractivity contribution in [1.29, 1.82) is 0 Å². The van der Waals surface area contributed by atoms with Crippen LogP contribution in [-0.2, 0) is 17.8 Å². The number of benzene rings is 2. The van der Waals surface area contributed by atoms with Gasteiger partial charge in [-0.15, -0.1) is 10.2 Å². The largest absolute Gasteiger partial charge is 0.419 e. The van der Waals surface area contributed by atoms with Gasteiger partial charge in [0.05, 0.1) is 6.54 Å². The van der Waals surface area contributed by atoms with Crippen LogP contribution in [0.2, 0.25) is 5.02 Å². The number of nitrogens with zero attached hydrogens (tertiary/aromatic N) is 2. The first-order valence-electron chi connectivity index (χ1n) is 8.69. The Morgan fingerprint density at radius 2 is 1.78 bits per heavy atom. The first-order chi connectivity index (χ1) is 13.1. The molecule has 27 heavy (non-hydrogen) atoms. The molecule has 0 aliphatic heterocycles. The van der Waals surface area contributed by atoms with E-state index < -0.39 is 0 Å². The Hall–Kier alpha value is -2.73. The zero-order valence-electron chi connectivity index (χ0n) is 14.6. The van der Waals surface area contributed by atoms with E-state index in [-0.39, 0.29) is 18.3 Å². The lowest BCUT2D eigenvalue weighted by atomic mass is 10.1. The Morgan fingerprint density at radius 3 is 2.52 bits per heavy atom. The van der Waals surface area contributed by atoms with Crippen LogP contribution in [0.1, 0.15) is 30.7 Å². The van der Waals surface area contributed by atoms with E-state index in [9.17, 15) is 9.18 Å². The highest BCUT2D eigenvalue weighted by Crippen LogP contribution is 2.20. The van der Waals surface area contributed by atoms with Crippen molar-refractivity contribution < 1.29 is 13.6 Å². The molecule has 5 nitrogen and oxygen atoms in total. The van der Waals surface area contributed by atoms with Gasteiger partial charge in [0.2, 0.25) is 17.7 Å². The van der Waals surface area contributed by atoms with Crippen molar-refractivity contribution in [2.24, 2.45) is 0 Å². The molecule has 0 bridgehead atoms. The summed E-state index contributed by atoms with van der Waals surface area (Å²) in [7, 11) is 0. The molecule has 0 aliphatic rings. The second kappa shape index (κ2) is 9.28. The second-order valence-electron chi connectivity index (χ2n) is 6.12. The number of amides is 1. The van der Waals surface area contributed by atoms with E-state index in [1.807, 2.05) is 0 Å². The standard InChI is InChI=1S/C20H19ClFN3O2/c21-16-9-7-15(8-10-16)20-25-24-19(27-20)13-23-18(26)4-2-1-3-14-5-11-17(22)12-6-14/h5-12H,1-4,13H2,(H,23,26). The number of carbonyl (C=O) groups excluding carboxylic acids is 1. The van der Waals surface area contributed by atoms with Crippen molar-refractivity contribution in [1.82, 2.24) is 15.5 Å². The van der Waals surface area contributed by atoms with Crippen LogP contribution in [0.15, 0.2) is 52.9 Å². The van der Waals surface area contributed by atoms with E-state index in [1.54, 1.807) is 36.4 Å². The quantitative estimate of drug-likeness (QED) is 0.575. The number of hydrogen-bond donors (Lipinski definition) is 1. The monoisotopic (exact) mass is 387 g/mol. The van der Waals surface area contributed by atoms with E-state index in [2.05, 4.69) is 15.5 Å². The molecule has 0 radical (unpaired) electrons. The van der Waals surface area contributed by atoms with Crippen LogP contribution in [0.25, 0.3) is 11.5 Å². The molecular weight excluding hydrogens is 369 g/mol. The third-order valence-electron chi connectivity index (χ3n) is 4.03. The highest BCUT2D eigenvalue weighted by Gasteiger charge is 2.10. The maximum absolute atomic E-state index is 12.8. The first kappa shape index (κ1) is 19.0. The lowest BCUT2D eigenvalue weighted by Crippen LogP contribution is -2.22. The molecule has 1 amide bonds. The zero-order valence-corrected chi connectivity index (χ0v) is 15.4. The van der Waals surface area contributed by atoms with Gasteiger partial charge in [0.25, 0.3) is 0 Å². The van der Waals surface area contributed by atoms with E-state index in [0.29, 0.717) is 23.2 Å². The number of unbranched alkanes of at least 4 members (excludes halogenated alkanes) is 1. The number of aromatic nitrogens is 2. The summed E-state index contributed by atoms with van der Waals surface area (Å²) < 4.78 is 18.4. The van der Waals surface area contributed by atoms with Gasteiger partial charge < -0.3 is 9.73 Å². The molecule has 1 heterocycles. The van der Waals surface area contributed by atoms with E-state index >= 15 is 0 Å². The van der Waals surface area contributed by atoms with Crippen LogP contribution in [0.3, 0.4) is 0 Å². The van der Waals surface area contributed by atoms with Gasteiger partial charge >= 0.3 is 0 Å². The Bertz CT molecular complexity index is 879. The highest BCUT2D eigenvalue weighted by atomic mass is 35.5. The molecule has 0 spiro atoms. The van der Waals surface area contributed by atoms with E-state index in [1.165, 1.54) is 12.1 Å². The average Bonchev–Trinajstić information content (AvgIpc) is 3.14. The lowest BCUT2D eigenvalue weighted by molar-refractivity contribution is -0.121. The summed E-state index contributed by atoms with van der Waals surface area (Å²) in [6.45, 7) is 0.192. The summed E-state index contributed by atoms with van der Waals surface area (Å²) in [5.41, 5.74) is 1.84. The van der Waals surface area contributed by atoms with Gasteiger partial charge in [-0.2, -0.15) is 0 Å². The van der Waals surface area contributed by atoms with Crippen LogP contribution in [0, 0.1) is 5.82 Å². The lowest BCUT2D eigenvalue weighted by Gasteiger charge is -2.03. The van der Waals surface area contributed by atoms with Crippen molar-refractivity contribution >= 4 is 17.5 Å². The van der Waals surface area contributed by atoms with Gasteiger partial charge in [0.1, 0.15) is 5.82 Å². The molecule has 1 aromatic heterocycles. The van der Waals surface area contributed by atoms with Crippen LogP contribution in [0.5, 0.6) is 0 Å². The predicted molar refractivity (Wildman–Crippen MR) is 101 cm³/mol. The molecule has 0 atom stereocenters. The normalized spacial score (nSPS) is 10.7. The fraction of sp³-hybridized carbons (Fsp3) is 0.250. The van der Waals surface area contributed by atoms with Gasteiger partial charge in [-0.1, -0.05) is 23.7 Å². The third-order valence-corrected chi connectivity index (χ3v) is 4.28. The molecule has 0 saturated heterocycles. The number of rotatable bonds is 8. The number of halogens is 2. The predicted octanol–water partition coefficient (Wildman–Crippen LogP) is 4.56. The van der Waals surface area contributed by atoms with E-state index in [4.69, 9.17) is 16.0 Å². The minimum Gasteiger partial charge on any atom is -0.419 e. The van der Waals surface area contributed by atoms with E-state index in [0.717, 1.165) is 30.4 Å². The van der Waals surface area contributed by atoms with Crippen molar-refractivity contribution in [2.75, 3.05) is 0 Å². The summed E-state index contributed by atoms with van der Waals surface area (Å²) in [6.07, 6.45) is 2.85. The molecular formula is C20H19ClFN3O2. The minimum absolute atomic E-state index is 0.0691. The van der Waals surface area contributed by atoms with Gasteiger partial charge in [-0.05, 0) is 61.2 Å². The fourth-order valence-corrected chi connectivity index (χ4v) is 2.69. The second-order valence-corrected chi connectivity index (χ2v) is 6.55. The molecule has 0 fully saturated rings. The van der Waals surface area contributed by atoms with Crippen LogP contribution < -0.4 is 5.32 Å². The van der Waals surface area contributed by atoms with Crippen molar-refractivity contribution in [2.45, 2.75) is 32.2 Å². The van der Waals surface area contributed by atoms with Gasteiger partial charge in [-0.3, -0.25) is 4.79 Å². The molecule has 0 aliphatic carbocycles. The molecule has 2 aromatic carbocycles. The van der Waals surface area contributed by atoms with Crippen molar-refractivity contribution in [3.63, 3.8) is 0 Å². The van der Waals surface area contributed by atoms with Crippen molar-refractivity contribution in [3.05, 3.63) is 70.8 Å². The molecule has 140 valence electrons. The van der Waals surface area contributed by atoms with Gasteiger partial charge in [0.15, 0.2) is 0 Å². The maximum Gasteiger partial charge on any atom is 0.247 e. The summed E-state index contributed by atoms with van der Waals surface area (Å²) in [6, 6.07) is 13.5. The SMILES string of the molecule is O=C(CCCCc1ccc(F)cc1)NCc1nnc(-c2ccc(Cl)cc2)o1. The molecule has 3 aromatic rings. The smallest absolute Gasteiger partial charge is 0.247 e. The first-order valence-corrected chi connectivity index (χ1v) is 9.07. The van der Waals surface area contributed by atoms with Gasteiger partial charge in [0, 0.05) is 17.0 Å². The Kier molecular flexibility index (Phi) is 6.54. The molecule has 7 heteroatoms. The molecule has 0 saturated carbocycles.